The molecule has 4 rings (SSSR count). The maximum absolute atomic E-state index is 12.9. The number of carbonyl (C=O) groups is 3. The standard InChI is InChI=1S/C23H21ClN4O4S.ClH/c1-28-9-8-16-15(12-28)4-5-17(26-16)21(29)27-18-10-13(23(31)32)2-3-14(18)11-25-22(30)19-6-7-20(24)33-19;/h2-7,10H,8-9,11-12H2,1H3,(H,25,30)(H,27,29)(H,31,32);1H. The Morgan fingerprint density at radius 2 is 1.94 bits per heavy atom. The van der Waals surface area contributed by atoms with Crippen LogP contribution in [0.15, 0.2) is 42.5 Å². The highest BCUT2D eigenvalue weighted by molar-refractivity contribution is 7.18. The van der Waals surface area contributed by atoms with Gasteiger partial charge in [0.25, 0.3) is 11.8 Å². The lowest BCUT2D eigenvalue weighted by Gasteiger charge is -2.24. The summed E-state index contributed by atoms with van der Waals surface area (Å²) in [4.78, 5) is 43.9. The van der Waals surface area contributed by atoms with Gasteiger partial charge < -0.3 is 20.6 Å². The number of hydrogen-bond donors (Lipinski definition) is 3. The van der Waals surface area contributed by atoms with E-state index < -0.39 is 11.9 Å². The zero-order valence-electron chi connectivity index (χ0n) is 18.1. The van der Waals surface area contributed by atoms with E-state index in [1.54, 1.807) is 24.3 Å². The minimum absolute atomic E-state index is 0. The number of nitrogens with one attached hydrogen (secondary N) is 2. The third-order valence-corrected chi connectivity index (χ3v) is 6.54. The molecule has 11 heteroatoms. The number of carbonyl (C=O) groups excluding carboxylic acids is 2. The Hall–Kier alpha value is -2.98. The molecule has 2 aromatic heterocycles. The van der Waals surface area contributed by atoms with Crippen LogP contribution in [0.5, 0.6) is 0 Å². The predicted molar refractivity (Wildman–Crippen MR) is 133 cm³/mol. The maximum atomic E-state index is 12.9. The SMILES string of the molecule is CN1CCc2nc(C(=O)Nc3cc(C(=O)O)ccc3CNC(=O)c3ccc(Cl)s3)ccc2C1.Cl. The van der Waals surface area contributed by atoms with Crippen LogP contribution in [0.25, 0.3) is 0 Å². The number of likely N-dealkylation sites (N-methyl/N-ethyl adjacent to an activating group) is 1. The minimum atomic E-state index is -1.12. The number of aromatic carboxylic acids is 1. The Kier molecular flexibility index (Phi) is 8.27. The number of halogens is 2. The summed E-state index contributed by atoms with van der Waals surface area (Å²) in [5.41, 5.74) is 3.11. The molecule has 0 atom stereocenters. The van der Waals surface area contributed by atoms with E-state index in [4.69, 9.17) is 11.6 Å². The number of thiophene rings is 1. The number of fused-ring (bicyclic) bond motifs is 1. The molecule has 0 saturated carbocycles. The number of benzene rings is 1. The summed E-state index contributed by atoms with van der Waals surface area (Å²) in [6, 6.07) is 11.2. The molecule has 3 N–H and O–H groups in total. The Morgan fingerprint density at radius 1 is 1.15 bits per heavy atom. The molecule has 0 saturated heterocycles. The fourth-order valence-corrected chi connectivity index (χ4v) is 4.51. The summed E-state index contributed by atoms with van der Waals surface area (Å²) in [7, 11) is 2.03. The van der Waals surface area contributed by atoms with Crippen LogP contribution in [0.2, 0.25) is 4.34 Å². The van der Waals surface area contributed by atoms with Crippen molar-refractivity contribution < 1.29 is 19.5 Å². The zero-order chi connectivity index (χ0) is 23.5. The van der Waals surface area contributed by atoms with E-state index in [9.17, 15) is 19.5 Å². The summed E-state index contributed by atoms with van der Waals surface area (Å²) < 4.78 is 0.503. The highest BCUT2D eigenvalue weighted by atomic mass is 35.5. The van der Waals surface area contributed by atoms with E-state index in [2.05, 4.69) is 20.5 Å². The van der Waals surface area contributed by atoms with Gasteiger partial charge in [-0.05, 0) is 48.5 Å². The first-order valence-electron chi connectivity index (χ1n) is 10.2. The molecule has 0 spiro atoms. The third-order valence-electron chi connectivity index (χ3n) is 5.31. The highest BCUT2D eigenvalue weighted by Gasteiger charge is 2.19. The molecular weight excluding hydrogens is 499 g/mol. The van der Waals surface area contributed by atoms with E-state index in [0.717, 1.165) is 42.1 Å². The van der Waals surface area contributed by atoms with E-state index in [1.165, 1.54) is 12.1 Å². The molecule has 1 aliphatic heterocycles. The Bertz CT molecular complexity index is 1250. The zero-order valence-corrected chi connectivity index (χ0v) is 20.5. The second-order valence-electron chi connectivity index (χ2n) is 7.71. The predicted octanol–water partition coefficient (Wildman–Crippen LogP) is 4.09. The third kappa shape index (κ3) is 5.92. The number of aromatic nitrogens is 1. The van der Waals surface area contributed by atoms with Gasteiger partial charge in [0.2, 0.25) is 0 Å². The van der Waals surface area contributed by atoms with Gasteiger partial charge in [0, 0.05) is 37.4 Å². The number of hydrogen-bond acceptors (Lipinski definition) is 6. The smallest absolute Gasteiger partial charge is 0.335 e. The van der Waals surface area contributed by atoms with Gasteiger partial charge in [0.05, 0.1) is 14.8 Å². The van der Waals surface area contributed by atoms with Crippen LogP contribution in [0.4, 0.5) is 5.69 Å². The van der Waals surface area contributed by atoms with Crippen molar-refractivity contribution in [3.63, 3.8) is 0 Å². The topological polar surface area (TPSA) is 112 Å². The molecule has 0 aliphatic carbocycles. The van der Waals surface area contributed by atoms with Gasteiger partial charge in [-0.1, -0.05) is 23.7 Å². The van der Waals surface area contributed by atoms with Gasteiger partial charge in [0.15, 0.2) is 0 Å². The number of anilines is 1. The fourth-order valence-electron chi connectivity index (χ4n) is 3.55. The van der Waals surface area contributed by atoms with E-state index >= 15 is 0 Å². The monoisotopic (exact) mass is 520 g/mol. The second-order valence-corrected chi connectivity index (χ2v) is 9.42. The molecule has 1 aliphatic rings. The van der Waals surface area contributed by atoms with Gasteiger partial charge in [-0.15, -0.1) is 23.7 Å². The van der Waals surface area contributed by atoms with Crippen molar-refractivity contribution >= 4 is 58.8 Å². The normalized spacial score (nSPS) is 12.9. The molecule has 8 nitrogen and oxygen atoms in total. The van der Waals surface area contributed by atoms with E-state index in [1.807, 2.05) is 13.1 Å². The summed E-state index contributed by atoms with van der Waals surface area (Å²) in [5.74, 6) is -1.88. The van der Waals surface area contributed by atoms with Gasteiger partial charge >= 0.3 is 5.97 Å². The molecule has 178 valence electrons. The van der Waals surface area contributed by atoms with Crippen molar-refractivity contribution in [3.05, 3.63) is 79.8 Å². The van der Waals surface area contributed by atoms with Crippen molar-refractivity contribution in [2.24, 2.45) is 0 Å². The number of carboxylic acids is 1. The number of amides is 2. The Labute approximate surface area is 211 Å². The van der Waals surface area contributed by atoms with Crippen LogP contribution in [-0.4, -0.2) is 46.4 Å². The van der Waals surface area contributed by atoms with Crippen LogP contribution in [0, 0.1) is 0 Å². The van der Waals surface area contributed by atoms with E-state index in [-0.39, 0.29) is 36.1 Å². The summed E-state index contributed by atoms with van der Waals surface area (Å²) in [6.07, 6.45) is 0.755. The lowest BCUT2D eigenvalue weighted by atomic mass is 10.1. The first kappa shape index (κ1) is 25.6. The molecular formula is C23H22Cl2N4O4S. The number of carboxylic acid groups (broad SMARTS) is 1. The van der Waals surface area contributed by atoms with Gasteiger partial charge in [-0.25, -0.2) is 9.78 Å². The lowest BCUT2D eigenvalue weighted by Crippen LogP contribution is -2.28. The van der Waals surface area contributed by atoms with Crippen molar-refractivity contribution in [3.8, 4) is 0 Å². The molecule has 0 unspecified atom stereocenters. The molecule has 3 aromatic rings. The summed E-state index contributed by atoms with van der Waals surface area (Å²) >= 11 is 7.04. The van der Waals surface area contributed by atoms with Crippen molar-refractivity contribution in [2.75, 3.05) is 18.9 Å². The fraction of sp³-hybridized carbons (Fsp3) is 0.217. The van der Waals surface area contributed by atoms with Crippen LogP contribution in [-0.2, 0) is 19.5 Å². The Balaban J connectivity index is 0.00000324. The number of nitrogens with zero attached hydrogens (tertiary/aromatic N) is 2. The number of rotatable bonds is 6. The average molecular weight is 521 g/mol. The van der Waals surface area contributed by atoms with Crippen molar-refractivity contribution in [1.29, 1.82) is 0 Å². The van der Waals surface area contributed by atoms with Crippen molar-refractivity contribution in [1.82, 2.24) is 15.2 Å². The Morgan fingerprint density at radius 3 is 2.65 bits per heavy atom. The lowest BCUT2D eigenvalue weighted by molar-refractivity contribution is 0.0696. The maximum Gasteiger partial charge on any atom is 0.335 e. The van der Waals surface area contributed by atoms with Crippen LogP contribution in [0.3, 0.4) is 0 Å². The molecule has 1 aromatic carbocycles. The first-order valence-corrected chi connectivity index (χ1v) is 11.4. The molecule has 2 amide bonds. The molecule has 3 heterocycles. The quantitative estimate of drug-likeness (QED) is 0.451. The summed E-state index contributed by atoms with van der Waals surface area (Å²) in [5, 5.41) is 14.9. The van der Waals surface area contributed by atoms with Crippen LogP contribution < -0.4 is 10.6 Å². The van der Waals surface area contributed by atoms with E-state index in [0.29, 0.717) is 20.5 Å². The number of pyridine rings is 1. The van der Waals surface area contributed by atoms with Crippen molar-refractivity contribution in [2.45, 2.75) is 19.5 Å². The van der Waals surface area contributed by atoms with Crippen LogP contribution >= 0.6 is 35.3 Å². The van der Waals surface area contributed by atoms with Gasteiger partial charge in [0.1, 0.15) is 5.69 Å². The molecule has 34 heavy (non-hydrogen) atoms. The molecule has 0 fully saturated rings. The van der Waals surface area contributed by atoms with Gasteiger partial charge in [-0.2, -0.15) is 0 Å². The molecule has 0 radical (unpaired) electrons. The van der Waals surface area contributed by atoms with Gasteiger partial charge in [-0.3, -0.25) is 9.59 Å². The summed E-state index contributed by atoms with van der Waals surface area (Å²) in [6.45, 7) is 1.74. The second kappa shape index (κ2) is 11.0. The van der Waals surface area contributed by atoms with Crippen LogP contribution in [0.1, 0.15) is 47.3 Å². The largest absolute Gasteiger partial charge is 0.478 e. The minimum Gasteiger partial charge on any atom is -0.478 e. The average Bonchev–Trinajstić information content (AvgIpc) is 3.23. The first-order chi connectivity index (χ1) is 15.8. The molecule has 0 bridgehead atoms. The highest BCUT2D eigenvalue weighted by Crippen LogP contribution is 2.23.